The Morgan fingerprint density at radius 2 is 1.62 bits per heavy atom. The van der Waals surface area contributed by atoms with Gasteiger partial charge in [-0.2, -0.15) is 0 Å². The number of esters is 1. The second-order valence-electron chi connectivity index (χ2n) is 20.8. The first-order chi connectivity index (χ1) is 33.6. The van der Waals surface area contributed by atoms with Gasteiger partial charge >= 0.3 is 11.9 Å². The van der Waals surface area contributed by atoms with E-state index in [0.717, 1.165) is 12.0 Å². The SMILES string of the molecule is CCO[C@@H]1C[C@@H]([C@H](C)C[C@@H]2CC[C@@H](O)[C@H](OC)C2)OC(=O)[C@@H]2CCCCN2C(=O)C(=O)[C@]2(O)O[C@@H](CC[C@H]2C)C[C@H](OC)/C(C)=C/C=C/C=C/[C@@H](C)C[C@@H](C)/C(=N/OCC(=O)O)[C@H](O)[C@H](O)/C(C)=C/[C@H]1C. The fourth-order valence-electron chi connectivity index (χ4n) is 10.8. The minimum absolute atomic E-state index is 0.0457. The van der Waals surface area contributed by atoms with Gasteiger partial charge < -0.3 is 59.0 Å². The summed E-state index contributed by atoms with van der Waals surface area (Å²) in [4.78, 5) is 61.1. The lowest BCUT2D eigenvalue weighted by molar-refractivity contribution is -0.265. The molecule has 1 amide bonds. The molecule has 1 aliphatic carbocycles. The van der Waals surface area contributed by atoms with Crippen molar-refractivity contribution >= 4 is 29.3 Å². The lowest BCUT2D eigenvalue weighted by Gasteiger charge is -2.43. The van der Waals surface area contributed by atoms with E-state index in [1.165, 1.54) is 4.90 Å². The first kappa shape index (κ1) is 59.8. The summed E-state index contributed by atoms with van der Waals surface area (Å²) in [5.74, 6) is -8.19. The molecule has 402 valence electrons. The van der Waals surface area contributed by atoms with E-state index in [2.05, 4.69) is 5.16 Å². The van der Waals surface area contributed by atoms with Gasteiger partial charge in [-0.05, 0) is 114 Å². The number of aliphatic hydroxyl groups is 4. The number of fused-ring (bicyclic) bond motifs is 3. The number of hydrogen-bond donors (Lipinski definition) is 5. The number of Topliss-reactive ketones (excluding diaryl/α,β-unsaturated/α-hetero) is 1. The zero-order valence-corrected chi connectivity index (χ0v) is 43.9. The third-order valence-electron chi connectivity index (χ3n) is 15.2. The monoisotopic (exact) mass is 1000 g/mol. The fraction of sp³-hybridized carbons (Fsp3) is 0.759. The van der Waals surface area contributed by atoms with Gasteiger partial charge in [0.05, 0.1) is 36.2 Å². The number of carboxylic acid groups (broad SMARTS) is 1. The summed E-state index contributed by atoms with van der Waals surface area (Å²) in [7, 11) is 3.15. The van der Waals surface area contributed by atoms with E-state index in [1.807, 2.05) is 71.9 Å². The highest BCUT2D eigenvalue weighted by atomic mass is 16.6. The molecule has 0 aromatic carbocycles. The summed E-state index contributed by atoms with van der Waals surface area (Å²) in [6.45, 7) is 14.5. The number of aliphatic hydroxyl groups excluding tert-OH is 3. The molecule has 71 heavy (non-hydrogen) atoms. The van der Waals surface area contributed by atoms with Crippen molar-refractivity contribution in [2.45, 2.75) is 193 Å². The highest BCUT2D eigenvalue weighted by Crippen LogP contribution is 2.38. The number of piperidine rings is 1. The highest BCUT2D eigenvalue weighted by Gasteiger charge is 2.53. The normalized spacial score (nSPS) is 39.5. The van der Waals surface area contributed by atoms with Crippen LogP contribution >= 0.6 is 0 Å². The minimum Gasteiger partial charge on any atom is -0.479 e. The van der Waals surface area contributed by atoms with Gasteiger partial charge in [0.15, 0.2) is 0 Å². The molecule has 17 nitrogen and oxygen atoms in total. The number of carbonyl (C=O) groups excluding carboxylic acids is 3. The first-order valence-electron chi connectivity index (χ1n) is 25.9. The van der Waals surface area contributed by atoms with Crippen molar-refractivity contribution in [1.29, 1.82) is 0 Å². The predicted octanol–water partition coefficient (Wildman–Crippen LogP) is 6.25. The van der Waals surface area contributed by atoms with Crippen LogP contribution in [0.25, 0.3) is 0 Å². The zero-order valence-electron chi connectivity index (χ0n) is 43.9. The summed E-state index contributed by atoms with van der Waals surface area (Å²) in [5, 5.41) is 59.3. The molecule has 4 rings (SSSR count). The Bertz CT molecular complexity index is 1900. The van der Waals surface area contributed by atoms with Crippen LogP contribution in [-0.4, -0.2) is 154 Å². The number of amides is 1. The number of methoxy groups -OCH3 is 2. The van der Waals surface area contributed by atoms with Gasteiger partial charge in [-0.25, -0.2) is 9.59 Å². The van der Waals surface area contributed by atoms with Crippen molar-refractivity contribution in [2.75, 3.05) is 34.0 Å². The van der Waals surface area contributed by atoms with Gasteiger partial charge in [-0.15, -0.1) is 0 Å². The van der Waals surface area contributed by atoms with Gasteiger partial charge in [0.2, 0.25) is 12.4 Å². The summed E-state index contributed by atoms with van der Waals surface area (Å²) in [6.07, 6.45) is 10.8. The van der Waals surface area contributed by atoms with E-state index in [0.29, 0.717) is 70.0 Å². The predicted molar refractivity (Wildman–Crippen MR) is 267 cm³/mol. The second kappa shape index (κ2) is 28.6. The van der Waals surface area contributed by atoms with Crippen molar-refractivity contribution in [3.63, 3.8) is 0 Å². The number of allylic oxidation sites excluding steroid dienone is 5. The molecule has 1 saturated carbocycles. The van der Waals surface area contributed by atoms with Crippen LogP contribution in [0.2, 0.25) is 0 Å². The van der Waals surface area contributed by atoms with Crippen LogP contribution in [0.15, 0.2) is 52.8 Å². The quantitative estimate of drug-likeness (QED) is 0.0704. The van der Waals surface area contributed by atoms with Crippen molar-refractivity contribution in [3.05, 3.63) is 47.6 Å². The topological polar surface area (TPSA) is 240 Å². The molecule has 16 atom stereocenters. The maximum Gasteiger partial charge on any atom is 0.344 e. The van der Waals surface area contributed by atoms with Crippen molar-refractivity contribution in [2.24, 2.45) is 40.7 Å². The number of hydrogen-bond acceptors (Lipinski definition) is 15. The summed E-state index contributed by atoms with van der Waals surface area (Å²) in [6, 6.07) is -1.11. The lowest BCUT2D eigenvalue weighted by atomic mass is 9.78. The van der Waals surface area contributed by atoms with Crippen LogP contribution in [0.4, 0.5) is 0 Å². The number of cyclic esters (lactones) is 1. The van der Waals surface area contributed by atoms with Gasteiger partial charge in [0.1, 0.15) is 24.4 Å². The Labute approximate surface area is 421 Å². The largest absolute Gasteiger partial charge is 0.479 e. The third-order valence-corrected chi connectivity index (χ3v) is 15.2. The van der Waals surface area contributed by atoms with Crippen LogP contribution in [0, 0.1) is 35.5 Å². The van der Waals surface area contributed by atoms with E-state index in [9.17, 15) is 44.7 Å². The lowest BCUT2D eigenvalue weighted by Crippen LogP contribution is -2.61. The van der Waals surface area contributed by atoms with Crippen LogP contribution in [0.3, 0.4) is 0 Å². The minimum atomic E-state index is -2.43. The molecule has 4 aliphatic rings. The Morgan fingerprint density at radius 1 is 0.887 bits per heavy atom. The Kier molecular flexibility index (Phi) is 24.1. The van der Waals surface area contributed by atoms with Crippen LogP contribution < -0.4 is 0 Å². The molecule has 0 unspecified atom stereocenters. The Hall–Kier alpha value is -3.81. The van der Waals surface area contributed by atoms with Gasteiger partial charge in [0, 0.05) is 58.0 Å². The van der Waals surface area contributed by atoms with Gasteiger partial charge in [-0.3, -0.25) is 9.59 Å². The maximum absolute atomic E-state index is 14.6. The Balaban J connectivity index is 1.77. The molecule has 2 saturated heterocycles. The van der Waals surface area contributed by atoms with Crippen LogP contribution in [0.5, 0.6) is 0 Å². The number of rotatable bonds is 10. The number of ketones is 1. The molecule has 0 radical (unpaired) electrons. The van der Waals surface area contributed by atoms with E-state index in [4.69, 9.17) is 28.5 Å². The molecule has 0 aromatic heterocycles. The fourth-order valence-corrected chi connectivity index (χ4v) is 10.8. The standard InChI is InChI=1S/C54H86N2O15/c1-11-68-44-30-45(35(5)27-39-21-23-42(57)46(28-39)67-10)70-53(64)41-19-15-16-24-56(41)52(63)51(62)54(65)38(8)20-22-40(71-54)29-43(66-9)33(3)18-14-12-13-17-32(2)25-36(6)48(55-69-31-47(58)59)50(61)49(60)37(7)26-34(44)4/h12-14,17-18,26,32,34-36,38-46,49-50,57,60-61,65H,11,15-16,19-25,27-31H2,1-10H3,(H,58,59)/b14-12+,17-13+,33-18+,37-26+,55-48-/t32-,34-,35-,36-,38-,39+,40+,41+,42-,43+,44-,45+,46-,49-,50+,54-/m1/s1. The van der Waals surface area contributed by atoms with E-state index in [-0.39, 0.29) is 49.0 Å². The van der Waals surface area contributed by atoms with Crippen LogP contribution in [0.1, 0.15) is 132 Å². The summed E-state index contributed by atoms with van der Waals surface area (Å²) < 4.78 is 30.5. The van der Waals surface area contributed by atoms with E-state index in [1.54, 1.807) is 34.1 Å². The second-order valence-corrected chi connectivity index (χ2v) is 20.8. The molecule has 0 spiro atoms. The molecule has 2 bridgehead atoms. The summed E-state index contributed by atoms with van der Waals surface area (Å²) >= 11 is 0. The first-order valence-corrected chi connectivity index (χ1v) is 25.9. The highest BCUT2D eigenvalue weighted by molar-refractivity contribution is 6.39. The average molecular weight is 1000 g/mol. The molecule has 5 N–H and O–H groups in total. The van der Waals surface area contributed by atoms with E-state index >= 15 is 0 Å². The average Bonchev–Trinajstić information content (AvgIpc) is 3.33. The third kappa shape index (κ3) is 16.9. The maximum atomic E-state index is 14.6. The number of oxime groups is 1. The molecule has 3 aliphatic heterocycles. The van der Waals surface area contributed by atoms with Gasteiger partial charge in [0.25, 0.3) is 11.7 Å². The number of carboxylic acids is 1. The molecular weight excluding hydrogens is 917 g/mol. The van der Waals surface area contributed by atoms with E-state index < -0.39 is 103 Å². The van der Waals surface area contributed by atoms with Crippen molar-refractivity contribution < 1.29 is 73.2 Å². The van der Waals surface area contributed by atoms with Gasteiger partial charge in [-0.1, -0.05) is 76.2 Å². The summed E-state index contributed by atoms with van der Waals surface area (Å²) in [5.41, 5.74) is 1.34. The smallest absolute Gasteiger partial charge is 0.344 e. The molecular formula is C54H86N2O15. The molecule has 3 heterocycles. The zero-order chi connectivity index (χ0) is 52.6. The molecule has 3 fully saturated rings. The van der Waals surface area contributed by atoms with Crippen molar-refractivity contribution in [3.8, 4) is 0 Å². The number of carbonyl (C=O) groups is 4. The number of aliphatic carboxylic acids is 1. The number of nitrogens with zero attached hydrogens (tertiary/aromatic N) is 2. The molecule has 17 heteroatoms. The van der Waals surface area contributed by atoms with Crippen molar-refractivity contribution in [1.82, 2.24) is 4.90 Å². The molecule has 0 aromatic rings. The Morgan fingerprint density at radius 3 is 2.30 bits per heavy atom. The number of ether oxygens (including phenoxy) is 5. The van der Waals surface area contributed by atoms with Crippen LogP contribution in [-0.2, 0) is 47.7 Å².